The third-order valence-corrected chi connectivity index (χ3v) is 5.00. The number of anilines is 2. The van der Waals surface area contributed by atoms with Gasteiger partial charge in [0.15, 0.2) is 11.1 Å². The molecule has 1 fully saturated rings. The highest BCUT2D eigenvalue weighted by Gasteiger charge is 2.20. The van der Waals surface area contributed by atoms with E-state index < -0.39 is 5.69 Å². The molecule has 31 heavy (non-hydrogen) atoms. The molecule has 0 aliphatic heterocycles. The van der Waals surface area contributed by atoms with Gasteiger partial charge < -0.3 is 15.4 Å². The molecular weight excluding hydrogens is 396 g/mol. The molecule has 4 N–H and O–H groups in total. The van der Waals surface area contributed by atoms with Crippen molar-refractivity contribution in [3.05, 3.63) is 68.5 Å². The number of nitrogens with one attached hydrogen (secondary N) is 3. The Kier molecular flexibility index (Phi) is 4.29. The molecule has 0 radical (unpaired) electrons. The average molecular weight is 414 g/mol. The van der Waals surface area contributed by atoms with Crippen molar-refractivity contribution in [3.63, 3.8) is 0 Å². The Bertz CT molecular complexity index is 1530. The highest BCUT2D eigenvalue weighted by Crippen LogP contribution is 2.23. The monoisotopic (exact) mass is 414 g/mol. The van der Waals surface area contributed by atoms with Gasteiger partial charge in [0, 0.05) is 17.0 Å². The van der Waals surface area contributed by atoms with E-state index >= 15 is 0 Å². The summed E-state index contributed by atoms with van der Waals surface area (Å²) in [4.78, 5) is 25.7. The molecule has 3 aromatic heterocycles. The summed E-state index contributed by atoms with van der Waals surface area (Å²) in [7, 11) is 0. The minimum Gasteiger partial charge on any atom is -0.493 e. The molecule has 1 saturated carbocycles. The van der Waals surface area contributed by atoms with Crippen LogP contribution in [0.4, 0.5) is 11.5 Å². The normalized spacial score (nSPS) is 14.8. The highest BCUT2D eigenvalue weighted by atomic mass is 16.3. The van der Waals surface area contributed by atoms with E-state index in [1.165, 1.54) is 0 Å². The molecule has 10 nitrogen and oxygen atoms in total. The predicted octanol–water partition coefficient (Wildman–Crippen LogP) is 0.986. The third-order valence-electron chi connectivity index (χ3n) is 5.00. The van der Waals surface area contributed by atoms with E-state index in [1.54, 1.807) is 28.9 Å². The Labute approximate surface area is 175 Å². The van der Waals surface area contributed by atoms with Crippen molar-refractivity contribution in [1.29, 1.82) is 5.26 Å². The van der Waals surface area contributed by atoms with Crippen LogP contribution in [0.2, 0.25) is 0 Å². The van der Waals surface area contributed by atoms with E-state index in [2.05, 4.69) is 31.4 Å². The van der Waals surface area contributed by atoms with Gasteiger partial charge in [-0.15, -0.1) is 0 Å². The molecule has 0 atom stereocenters. The lowest BCUT2D eigenvalue weighted by Gasteiger charge is -2.09. The number of aromatic hydroxyl groups is 1. The first-order valence-electron chi connectivity index (χ1n) is 9.73. The Balaban J connectivity index is 1.66. The third kappa shape index (κ3) is 3.64. The van der Waals surface area contributed by atoms with Gasteiger partial charge in [-0.2, -0.15) is 14.9 Å². The summed E-state index contributed by atoms with van der Waals surface area (Å²) in [5.41, 5.74) is 3.25. The van der Waals surface area contributed by atoms with Crippen LogP contribution in [0.3, 0.4) is 0 Å². The molecular formula is C21H18N8O2. The lowest BCUT2D eigenvalue weighted by atomic mass is 10.1. The summed E-state index contributed by atoms with van der Waals surface area (Å²) in [6.07, 6.45) is 5.29. The molecule has 0 bridgehead atoms. The van der Waals surface area contributed by atoms with Gasteiger partial charge in [0.25, 0.3) is 0 Å². The topological polar surface area (TPSA) is 147 Å². The molecule has 3 heterocycles. The number of aryl methyl sites for hydroxylation is 1. The summed E-state index contributed by atoms with van der Waals surface area (Å²) < 4.78 is 1.64. The number of aromatic amines is 2. The number of hydrogen-bond acceptors (Lipinski definition) is 7. The van der Waals surface area contributed by atoms with E-state index in [0.29, 0.717) is 27.7 Å². The molecule has 154 valence electrons. The summed E-state index contributed by atoms with van der Waals surface area (Å²) in [5, 5.41) is 27.3. The SMILES string of the molecule is Cc1cc(C#N)ccc1Nc1cc(=NC2CC2)n2nc/c(=C/c3[nH]c(=O)[nH]c3O)c2n1. The maximum atomic E-state index is 11.4. The standard InChI is InChI=1S/C21H18N8O2/c1-11-6-12(9-22)2-5-15(11)25-17-8-18(24-14-3-4-14)29-19(27-17)13(10-23-29)7-16-20(30)28-21(31)26-16/h2,5-8,10,14,25,30H,3-4H2,1H3,(H2,26,28,31)/b13-7-,24-18?. The molecule has 5 rings (SSSR count). The zero-order valence-corrected chi connectivity index (χ0v) is 16.5. The zero-order valence-electron chi connectivity index (χ0n) is 16.5. The van der Waals surface area contributed by atoms with Crippen LogP contribution in [0.1, 0.15) is 29.7 Å². The van der Waals surface area contributed by atoms with Gasteiger partial charge in [-0.25, -0.2) is 9.78 Å². The Morgan fingerprint density at radius 1 is 1.35 bits per heavy atom. The van der Waals surface area contributed by atoms with Crippen LogP contribution in [0, 0.1) is 18.3 Å². The van der Waals surface area contributed by atoms with Crippen molar-refractivity contribution in [2.45, 2.75) is 25.8 Å². The molecule has 0 unspecified atom stereocenters. The van der Waals surface area contributed by atoms with Crippen LogP contribution in [0.15, 0.2) is 40.2 Å². The number of benzene rings is 1. The van der Waals surface area contributed by atoms with E-state index in [1.807, 2.05) is 19.1 Å². The number of imidazole rings is 1. The van der Waals surface area contributed by atoms with E-state index in [4.69, 9.17) is 10.3 Å². The largest absolute Gasteiger partial charge is 0.493 e. The quantitative estimate of drug-likeness (QED) is 0.391. The van der Waals surface area contributed by atoms with Gasteiger partial charge in [-0.05, 0) is 49.6 Å². The molecule has 0 amide bonds. The first kappa shape index (κ1) is 18.6. The van der Waals surface area contributed by atoms with Gasteiger partial charge in [0.05, 0.1) is 23.9 Å². The van der Waals surface area contributed by atoms with Crippen LogP contribution >= 0.6 is 0 Å². The number of aromatic nitrogens is 5. The van der Waals surface area contributed by atoms with Crippen LogP contribution in [0.5, 0.6) is 5.88 Å². The fraction of sp³-hybridized carbons (Fsp3) is 0.190. The molecule has 1 aliphatic carbocycles. The number of H-pyrrole nitrogens is 2. The Hall–Kier alpha value is -4.39. The van der Waals surface area contributed by atoms with E-state index in [9.17, 15) is 9.90 Å². The van der Waals surface area contributed by atoms with Crippen molar-refractivity contribution in [3.8, 4) is 11.9 Å². The van der Waals surface area contributed by atoms with Gasteiger partial charge in [-0.3, -0.25) is 9.98 Å². The van der Waals surface area contributed by atoms with E-state index in [-0.39, 0.29) is 17.6 Å². The molecule has 0 saturated heterocycles. The van der Waals surface area contributed by atoms with Gasteiger partial charge in [-0.1, -0.05) is 0 Å². The van der Waals surface area contributed by atoms with Crippen molar-refractivity contribution in [1.82, 2.24) is 24.6 Å². The number of nitriles is 1. The first-order chi connectivity index (χ1) is 15.0. The lowest BCUT2D eigenvalue weighted by molar-refractivity contribution is 0.454. The number of fused-ring (bicyclic) bond motifs is 1. The second kappa shape index (κ2) is 7.14. The summed E-state index contributed by atoms with van der Waals surface area (Å²) in [5.74, 6) is 0.316. The van der Waals surface area contributed by atoms with Crippen LogP contribution < -0.4 is 21.7 Å². The van der Waals surface area contributed by atoms with Gasteiger partial charge in [0.1, 0.15) is 11.5 Å². The fourth-order valence-electron chi connectivity index (χ4n) is 3.27. The molecule has 1 aromatic carbocycles. The molecule has 10 heteroatoms. The molecule has 1 aliphatic rings. The Morgan fingerprint density at radius 3 is 2.87 bits per heavy atom. The zero-order chi connectivity index (χ0) is 21.5. The number of rotatable bonds is 4. The van der Waals surface area contributed by atoms with Gasteiger partial charge >= 0.3 is 5.69 Å². The minimum absolute atomic E-state index is 0.240. The summed E-state index contributed by atoms with van der Waals surface area (Å²) in [6.45, 7) is 1.92. The van der Waals surface area contributed by atoms with Crippen LogP contribution in [-0.4, -0.2) is 35.7 Å². The molecule has 0 spiro atoms. The van der Waals surface area contributed by atoms with Crippen molar-refractivity contribution in [2.24, 2.45) is 4.99 Å². The Morgan fingerprint density at radius 2 is 2.19 bits per heavy atom. The van der Waals surface area contributed by atoms with Crippen LogP contribution in [0.25, 0.3) is 11.7 Å². The van der Waals surface area contributed by atoms with Crippen molar-refractivity contribution < 1.29 is 5.11 Å². The maximum absolute atomic E-state index is 11.4. The summed E-state index contributed by atoms with van der Waals surface area (Å²) in [6, 6.07) is 9.62. The molecule has 4 aromatic rings. The predicted molar refractivity (Wildman–Crippen MR) is 113 cm³/mol. The second-order valence-electron chi connectivity index (χ2n) is 7.45. The highest BCUT2D eigenvalue weighted by molar-refractivity contribution is 5.64. The lowest BCUT2D eigenvalue weighted by Crippen LogP contribution is -2.20. The average Bonchev–Trinajstić information content (AvgIpc) is 3.38. The van der Waals surface area contributed by atoms with Gasteiger partial charge in [0.2, 0.25) is 5.88 Å². The number of hydrogen-bond donors (Lipinski definition) is 4. The number of nitrogens with zero attached hydrogens (tertiary/aromatic N) is 5. The summed E-state index contributed by atoms with van der Waals surface area (Å²) >= 11 is 0. The van der Waals surface area contributed by atoms with Crippen molar-refractivity contribution in [2.75, 3.05) is 5.32 Å². The smallest absolute Gasteiger partial charge is 0.326 e. The first-order valence-corrected chi connectivity index (χ1v) is 9.73. The van der Waals surface area contributed by atoms with Crippen LogP contribution in [-0.2, 0) is 0 Å². The second-order valence-corrected chi connectivity index (χ2v) is 7.45. The van der Waals surface area contributed by atoms with Crippen molar-refractivity contribution >= 4 is 23.2 Å². The minimum atomic E-state index is -0.503. The fourth-order valence-corrected chi connectivity index (χ4v) is 3.27. The maximum Gasteiger partial charge on any atom is 0.326 e. The van der Waals surface area contributed by atoms with E-state index in [0.717, 1.165) is 24.1 Å².